The van der Waals surface area contributed by atoms with E-state index in [2.05, 4.69) is 56.5 Å². The molecule has 1 atom stereocenters. The van der Waals surface area contributed by atoms with Crippen molar-refractivity contribution in [2.45, 2.75) is 57.5 Å². The summed E-state index contributed by atoms with van der Waals surface area (Å²) in [6.45, 7) is 6.61. The standard InChI is InChI=1S/C24H33N7/c1-2-30-14-13-25-22(17-30)18-9-11-21(12-10-18)31(20-7-5-3-4-6-8-20)24-26-15-19-16-27-29-23(19)28-24/h9-12,15-16,20,22,25H,2-8,13-14,17H2,1H3,(H,26,27,28,29). The Bertz CT molecular complexity index is 975. The van der Waals surface area contributed by atoms with E-state index in [9.17, 15) is 0 Å². The van der Waals surface area contributed by atoms with Gasteiger partial charge in [-0.1, -0.05) is 44.7 Å². The van der Waals surface area contributed by atoms with Gasteiger partial charge in [-0.05, 0) is 37.1 Å². The van der Waals surface area contributed by atoms with Gasteiger partial charge >= 0.3 is 0 Å². The molecular weight excluding hydrogens is 386 g/mol. The maximum Gasteiger partial charge on any atom is 0.232 e. The van der Waals surface area contributed by atoms with Crippen molar-refractivity contribution >= 4 is 22.7 Å². The van der Waals surface area contributed by atoms with Crippen molar-refractivity contribution in [2.24, 2.45) is 0 Å². The van der Waals surface area contributed by atoms with Crippen LogP contribution < -0.4 is 10.2 Å². The number of likely N-dealkylation sites (N-methyl/N-ethyl adjacent to an activating group) is 1. The van der Waals surface area contributed by atoms with E-state index in [0.29, 0.717) is 12.1 Å². The van der Waals surface area contributed by atoms with Gasteiger partial charge in [0.15, 0.2) is 5.65 Å². The summed E-state index contributed by atoms with van der Waals surface area (Å²) < 4.78 is 0. The number of rotatable bonds is 5. The number of nitrogens with one attached hydrogen (secondary N) is 2. The lowest BCUT2D eigenvalue weighted by Crippen LogP contribution is -2.45. The summed E-state index contributed by atoms with van der Waals surface area (Å²) >= 11 is 0. The van der Waals surface area contributed by atoms with Crippen molar-refractivity contribution in [3.63, 3.8) is 0 Å². The van der Waals surface area contributed by atoms with Gasteiger partial charge in [0.25, 0.3) is 0 Å². The highest BCUT2D eigenvalue weighted by Crippen LogP contribution is 2.33. The highest BCUT2D eigenvalue weighted by molar-refractivity contribution is 5.74. The van der Waals surface area contributed by atoms with Crippen molar-refractivity contribution in [3.05, 3.63) is 42.2 Å². The Balaban J connectivity index is 1.45. The summed E-state index contributed by atoms with van der Waals surface area (Å²) in [5.41, 5.74) is 3.33. The van der Waals surface area contributed by atoms with E-state index in [-0.39, 0.29) is 0 Å². The maximum atomic E-state index is 4.83. The molecule has 31 heavy (non-hydrogen) atoms. The topological polar surface area (TPSA) is 73.0 Å². The van der Waals surface area contributed by atoms with Gasteiger partial charge in [-0.15, -0.1) is 0 Å². The predicted molar refractivity (Wildman–Crippen MR) is 125 cm³/mol. The van der Waals surface area contributed by atoms with E-state index in [1.54, 1.807) is 6.20 Å². The van der Waals surface area contributed by atoms with Gasteiger partial charge in [-0.2, -0.15) is 10.1 Å². The molecule has 3 heterocycles. The Morgan fingerprint density at radius 3 is 2.65 bits per heavy atom. The maximum absolute atomic E-state index is 4.83. The summed E-state index contributed by atoms with van der Waals surface area (Å²) in [6, 6.07) is 9.90. The Morgan fingerprint density at radius 2 is 1.87 bits per heavy atom. The number of anilines is 2. The van der Waals surface area contributed by atoms with Gasteiger partial charge in [0.2, 0.25) is 5.95 Å². The number of aromatic nitrogens is 4. The van der Waals surface area contributed by atoms with E-state index in [0.717, 1.165) is 43.2 Å². The van der Waals surface area contributed by atoms with Gasteiger partial charge in [0.1, 0.15) is 0 Å². The largest absolute Gasteiger partial charge is 0.308 e. The second kappa shape index (κ2) is 9.32. The minimum Gasteiger partial charge on any atom is -0.308 e. The number of aromatic amines is 1. The Kier molecular flexibility index (Phi) is 6.13. The Morgan fingerprint density at radius 1 is 1.06 bits per heavy atom. The van der Waals surface area contributed by atoms with E-state index >= 15 is 0 Å². The zero-order chi connectivity index (χ0) is 21.0. The average Bonchev–Trinajstić information content (AvgIpc) is 3.13. The molecule has 2 fully saturated rings. The molecule has 1 saturated carbocycles. The third kappa shape index (κ3) is 4.43. The van der Waals surface area contributed by atoms with Crippen LogP contribution in [0.15, 0.2) is 36.7 Å². The van der Waals surface area contributed by atoms with Crippen LogP contribution in [0.25, 0.3) is 11.0 Å². The lowest BCUT2D eigenvalue weighted by molar-refractivity contribution is 0.210. The van der Waals surface area contributed by atoms with E-state index in [1.165, 1.54) is 49.8 Å². The number of hydrogen-bond donors (Lipinski definition) is 2. The molecule has 2 N–H and O–H groups in total. The summed E-state index contributed by atoms with van der Waals surface area (Å²) in [6.07, 6.45) is 11.2. The molecule has 0 spiro atoms. The Hall–Kier alpha value is -2.51. The molecule has 5 rings (SSSR count). The average molecular weight is 420 g/mol. The fourth-order valence-electron chi connectivity index (χ4n) is 5.04. The minimum absolute atomic E-state index is 0.395. The molecule has 0 amide bonds. The fourth-order valence-corrected chi connectivity index (χ4v) is 5.04. The van der Waals surface area contributed by atoms with Crippen LogP contribution in [0, 0.1) is 0 Å². The van der Waals surface area contributed by atoms with E-state index < -0.39 is 0 Å². The molecule has 1 saturated heterocycles. The van der Waals surface area contributed by atoms with Crippen LogP contribution in [0.4, 0.5) is 11.6 Å². The molecule has 1 aliphatic carbocycles. The van der Waals surface area contributed by atoms with Gasteiger partial charge in [0, 0.05) is 43.6 Å². The number of nitrogens with zero attached hydrogens (tertiary/aromatic N) is 5. The van der Waals surface area contributed by atoms with Crippen LogP contribution in [0.2, 0.25) is 0 Å². The molecule has 1 aromatic carbocycles. The SMILES string of the molecule is CCN1CCNC(c2ccc(N(c3ncc4cn[nH]c4n3)C3CCCCCC3)cc2)C1. The molecule has 164 valence electrons. The van der Waals surface area contributed by atoms with E-state index in [4.69, 9.17) is 9.97 Å². The zero-order valence-corrected chi connectivity index (χ0v) is 18.4. The third-order valence-corrected chi connectivity index (χ3v) is 6.86. The number of benzene rings is 1. The van der Waals surface area contributed by atoms with Gasteiger partial charge in [-0.3, -0.25) is 5.10 Å². The first kappa shape index (κ1) is 20.4. The summed E-state index contributed by atoms with van der Waals surface area (Å²) in [5.74, 6) is 0.768. The van der Waals surface area contributed by atoms with Gasteiger partial charge in [0.05, 0.1) is 11.6 Å². The first-order valence-corrected chi connectivity index (χ1v) is 11.8. The summed E-state index contributed by atoms with van der Waals surface area (Å²) in [5, 5.41) is 11.7. The minimum atomic E-state index is 0.395. The smallest absolute Gasteiger partial charge is 0.232 e. The molecule has 1 aliphatic heterocycles. The van der Waals surface area contributed by atoms with Crippen molar-refractivity contribution in [3.8, 4) is 0 Å². The first-order chi connectivity index (χ1) is 15.3. The molecule has 7 heteroatoms. The van der Waals surface area contributed by atoms with Crippen LogP contribution in [0.5, 0.6) is 0 Å². The Labute approximate surface area is 184 Å². The van der Waals surface area contributed by atoms with Crippen molar-refractivity contribution < 1.29 is 0 Å². The molecule has 1 unspecified atom stereocenters. The normalized spacial score (nSPS) is 21.3. The second-order valence-corrected chi connectivity index (χ2v) is 8.85. The lowest BCUT2D eigenvalue weighted by Gasteiger charge is -2.34. The first-order valence-electron chi connectivity index (χ1n) is 11.8. The second-order valence-electron chi connectivity index (χ2n) is 8.85. The van der Waals surface area contributed by atoms with Crippen molar-refractivity contribution in [2.75, 3.05) is 31.1 Å². The molecular formula is C24H33N7. The van der Waals surface area contributed by atoms with Crippen LogP contribution in [0.1, 0.15) is 57.1 Å². The third-order valence-electron chi connectivity index (χ3n) is 6.86. The molecule has 2 aliphatic rings. The molecule has 0 radical (unpaired) electrons. The van der Waals surface area contributed by atoms with Crippen molar-refractivity contribution in [1.29, 1.82) is 0 Å². The number of hydrogen-bond acceptors (Lipinski definition) is 6. The van der Waals surface area contributed by atoms with Gasteiger partial charge in [-0.25, -0.2) is 4.98 Å². The fraction of sp³-hybridized carbons (Fsp3) is 0.542. The highest BCUT2D eigenvalue weighted by atomic mass is 15.3. The monoisotopic (exact) mass is 419 g/mol. The van der Waals surface area contributed by atoms with Crippen LogP contribution in [-0.2, 0) is 0 Å². The summed E-state index contributed by atoms with van der Waals surface area (Å²) in [4.78, 5) is 14.4. The predicted octanol–water partition coefficient (Wildman–Crippen LogP) is 4.18. The molecule has 0 bridgehead atoms. The molecule has 7 nitrogen and oxygen atoms in total. The lowest BCUT2D eigenvalue weighted by atomic mass is 10.0. The number of piperazine rings is 1. The van der Waals surface area contributed by atoms with Gasteiger partial charge < -0.3 is 15.1 Å². The highest BCUT2D eigenvalue weighted by Gasteiger charge is 2.25. The quantitative estimate of drug-likeness (QED) is 0.605. The summed E-state index contributed by atoms with van der Waals surface area (Å²) in [7, 11) is 0. The number of H-pyrrole nitrogens is 1. The van der Waals surface area contributed by atoms with E-state index in [1.807, 2.05) is 6.20 Å². The van der Waals surface area contributed by atoms with Crippen LogP contribution >= 0.6 is 0 Å². The molecule has 3 aromatic rings. The molecule has 2 aromatic heterocycles. The number of fused-ring (bicyclic) bond motifs is 1. The van der Waals surface area contributed by atoms with Crippen LogP contribution in [0.3, 0.4) is 0 Å². The van der Waals surface area contributed by atoms with Crippen molar-refractivity contribution in [1.82, 2.24) is 30.4 Å². The zero-order valence-electron chi connectivity index (χ0n) is 18.4. The van der Waals surface area contributed by atoms with Crippen LogP contribution in [-0.4, -0.2) is 57.3 Å².